The molecule has 0 bridgehead atoms. The molecule has 1 amide bonds. The molecule has 0 aliphatic carbocycles. The molecular weight excluding hydrogens is 386 g/mol. The highest BCUT2D eigenvalue weighted by Gasteiger charge is 2.14. The summed E-state index contributed by atoms with van der Waals surface area (Å²) in [6.45, 7) is 2.29. The number of hydrogen-bond donors (Lipinski definition) is 3. The predicted molar refractivity (Wildman–Crippen MR) is 111 cm³/mol. The monoisotopic (exact) mass is 407 g/mol. The van der Waals surface area contributed by atoms with Crippen molar-refractivity contribution in [2.75, 3.05) is 17.2 Å². The summed E-state index contributed by atoms with van der Waals surface area (Å²) in [6, 6.07) is 14.0. The Morgan fingerprint density at radius 1 is 1.17 bits per heavy atom. The van der Waals surface area contributed by atoms with Gasteiger partial charge in [0, 0.05) is 11.9 Å². The third-order valence-electron chi connectivity index (χ3n) is 3.98. The van der Waals surface area contributed by atoms with E-state index in [0.29, 0.717) is 12.3 Å². The number of benzene rings is 2. The van der Waals surface area contributed by atoms with Crippen LogP contribution in [0.3, 0.4) is 0 Å². The number of rotatable bonds is 9. The van der Waals surface area contributed by atoms with Crippen LogP contribution < -0.4 is 10.6 Å². The second kappa shape index (κ2) is 11.0. The number of unbranched alkanes of at least 4 members (excludes halogenated alkanes) is 1. The molecule has 2 aromatic carbocycles. The van der Waals surface area contributed by atoms with Crippen molar-refractivity contribution in [3.63, 3.8) is 0 Å². The molecule has 0 fully saturated rings. The van der Waals surface area contributed by atoms with Crippen molar-refractivity contribution in [2.45, 2.75) is 19.8 Å². The highest BCUT2D eigenvalue weighted by molar-refractivity contribution is 6.07. The normalized spacial score (nSPS) is 10.6. The molecule has 0 unspecified atom stereocenters. The third-order valence-corrected chi connectivity index (χ3v) is 3.98. The first-order chi connectivity index (χ1) is 14.5. The lowest BCUT2D eigenvalue weighted by Crippen LogP contribution is -2.15. The summed E-state index contributed by atoms with van der Waals surface area (Å²) in [5.74, 6) is -2.37. The maximum Gasteiger partial charge on any atom is 0.340 e. The SMILES string of the molecule is CCCCOC(=O)c1ccccc1N/C=C(/C#N)C(=O)Nc1cccc(C(=O)O)c1. The Labute approximate surface area is 173 Å². The number of carbonyl (C=O) groups is 3. The molecule has 0 aliphatic heterocycles. The van der Waals surface area contributed by atoms with Gasteiger partial charge in [-0.25, -0.2) is 9.59 Å². The van der Waals surface area contributed by atoms with Crippen molar-refractivity contribution >= 4 is 29.2 Å². The number of carboxylic acids is 1. The predicted octanol–water partition coefficient (Wildman–Crippen LogP) is 3.80. The molecule has 0 heterocycles. The van der Waals surface area contributed by atoms with E-state index in [-0.39, 0.29) is 22.4 Å². The molecule has 0 saturated carbocycles. The number of carbonyl (C=O) groups excluding carboxylic acids is 2. The summed E-state index contributed by atoms with van der Waals surface area (Å²) < 4.78 is 5.21. The van der Waals surface area contributed by atoms with Crippen molar-refractivity contribution in [1.29, 1.82) is 5.26 Å². The summed E-state index contributed by atoms with van der Waals surface area (Å²) in [6.07, 6.45) is 2.82. The van der Waals surface area contributed by atoms with Crippen LogP contribution in [0.1, 0.15) is 40.5 Å². The quantitative estimate of drug-likeness (QED) is 0.250. The van der Waals surface area contributed by atoms with Crippen LogP contribution in [0, 0.1) is 11.3 Å². The summed E-state index contributed by atoms with van der Waals surface area (Å²) >= 11 is 0. The van der Waals surface area contributed by atoms with Crippen molar-refractivity contribution in [3.05, 3.63) is 71.4 Å². The fourth-order valence-corrected chi connectivity index (χ4v) is 2.40. The maximum absolute atomic E-state index is 12.4. The Balaban J connectivity index is 2.13. The van der Waals surface area contributed by atoms with Crippen molar-refractivity contribution in [1.82, 2.24) is 0 Å². The van der Waals surface area contributed by atoms with Crippen LogP contribution in [0.25, 0.3) is 0 Å². The first kappa shape index (κ1) is 22.2. The molecular formula is C22H21N3O5. The zero-order valence-electron chi connectivity index (χ0n) is 16.3. The highest BCUT2D eigenvalue weighted by atomic mass is 16.5. The minimum atomic E-state index is -1.13. The fourth-order valence-electron chi connectivity index (χ4n) is 2.40. The Bertz CT molecular complexity index is 1010. The van der Waals surface area contributed by atoms with E-state index in [2.05, 4.69) is 10.6 Å². The average molecular weight is 407 g/mol. The van der Waals surface area contributed by atoms with Gasteiger partial charge >= 0.3 is 11.9 Å². The Morgan fingerprint density at radius 3 is 2.63 bits per heavy atom. The van der Waals surface area contributed by atoms with E-state index in [1.165, 1.54) is 30.5 Å². The third kappa shape index (κ3) is 6.21. The topological polar surface area (TPSA) is 129 Å². The summed E-state index contributed by atoms with van der Waals surface area (Å²) in [7, 11) is 0. The van der Waals surface area contributed by atoms with Crippen LogP contribution in [0.15, 0.2) is 60.3 Å². The Hall–Kier alpha value is -4.12. The van der Waals surface area contributed by atoms with E-state index >= 15 is 0 Å². The lowest BCUT2D eigenvalue weighted by atomic mass is 10.1. The number of hydrogen-bond acceptors (Lipinski definition) is 6. The van der Waals surface area contributed by atoms with E-state index in [1.54, 1.807) is 30.3 Å². The molecule has 3 N–H and O–H groups in total. The fraction of sp³-hybridized carbons (Fsp3) is 0.182. The standard InChI is InChI=1S/C22H21N3O5/c1-2-3-11-30-22(29)18-9-4-5-10-19(18)24-14-16(13-23)20(26)25-17-8-6-7-15(12-17)21(27)28/h4-10,12,14,24H,2-3,11H2,1H3,(H,25,26)(H,27,28)/b16-14-. The largest absolute Gasteiger partial charge is 0.478 e. The number of nitriles is 1. The van der Waals surface area contributed by atoms with E-state index in [1.807, 2.05) is 6.92 Å². The van der Waals surface area contributed by atoms with Crippen molar-refractivity contribution < 1.29 is 24.2 Å². The van der Waals surface area contributed by atoms with Crippen LogP contribution in [0.2, 0.25) is 0 Å². The number of amides is 1. The molecule has 30 heavy (non-hydrogen) atoms. The lowest BCUT2D eigenvalue weighted by Gasteiger charge is -2.10. The second-order valence-corrected chi connectivity index (χ2v) is 6.19. The van der Waals surface area contributed by atoms with E-state index < -0.39 is 17.8 Å². The first-order valence-electron chi connectivity index (χ1n) is 9.24. The molecule has 0 aliphatic rings. The average Bonchev–Trinajstić information content (AvgIpc) is 2.74. The van der Waals surface area contributed by atoms with E-state index in [0.717, 1.165) is 12.8 Å². The summed E-state index contributed by atoms with van der Waals surface area (Å²) in [5, 5.41) is 23.6. The number of nitrogens with zero attached hydrogens (tertiary/aromatic N) is 1. The van der Waals surface area contributed by atoms with Gasteiger partial charge in [0.05, 0.1) is 23.4 Å². The zero-order chi connectivity index (χ0) is 21.9. The van der Waals surface area contributed by atoms with Gasteiger partial charge in [-0.3, -0.25) is 4.79 Å². The molecule has 2 rings (SSSR count). The van der Waals surface area contributed by atoms with Gasteiger partial charge < -0.3 is 20.5 Å². The number of anilines is 2. The highest BCUT2D eigenvalue weighted by Crippen LogP contribution is 2.17. The Morgan fingerprint density at radius 2 is 1.93 bits per heavy atom. The molecule has 8 nitrogen and oxygen atoms in total. The van der Waals surface area contributed by atoms with Gasteiger partial charge in [-0.15, -0.1) is 0 Å². The van der Waals surface area contributed by atoms with E-state index in [4.69, 9.17) is 9.84 Å². The number of carboxylic acid groups (broad SMARTS) is 1. The smallest absolute Gasteiger partial charge is 0.340 e. The van der Waals surface area contributed by atoms with E-state index in [9.17, 15) is 19.6 Å². The van der Waals surface area contributed by atoms with Crippen LogP contribution in [0.4, 0.5) is 11.4 Å². The van der Waals surface area contributed by atoms with Gasteiger partial charge in [0.25, 0.3) is 5.91 Å². The van der Waals surface area contributed by atoms with Gasteiger partial charge in [-0.05, 0) is 36.8 Å². The molecule has 8 heteroatoms. The molecule has 0 aromatic heterocycles. The minimum Gasteiger partial charge on any atom is -0.478 e. The Kier molecular flexibility index (Phi) is 8.15. The zero-order valence-corrected chi connectivity index (χ0v) is 16.3. The van der Waals surface area contributed by atoms with Crippen molar-refractivity contribution in [3.8, 4) is 6.07 Å². The minimum absolute atomic E-state index is 0.00363. The molecule has 0 spiro atoms. The number of para-hydroxylation sites is 1. The summed E-state index contributed by atoms with van der Waals surface area (Å²) in [5.41, 5.74) is 0.638. The van der Waals surface area contributed by atoms with Crippen LogP contribution in [-0.4, -0.2) is 29.6 Å². The molecule has 2 aromatic rings. The molecule has 154 valence electrons. The number of aromatic carboxylic acids is 1. The van der Waals surface area contributed by atoms with Crippen LogP contribution in [-0.2, 0) is 9.53 Å². The molecule has 0 atom stereocenters. The number of ether oxygens (including phenoxy) is 1. The number of nitrogens with one attached hydrogen (secondary N) is 2. The van der Waals surface area contributed by atoms with Crippen LogP contribution in [0.5, 0.6) is 0 Å². The van der Waals surface area contributed by atoms with Gasteiger partial charge in [-0.2, -0.15) is 5.26 Å². The molecule has 0 saturated heterocycles. The second-order valence-electron chi connectivity index (χ2n) is 6.19. The molecule has 0 radical (unpaired) electrons. The van der Waals surface area contributed by atoms with Gasteiger partial charge in [0.2, 0.25) is 0 Å². The number of esters is 1. The summed E-state index contributed by atoms with van der Waals surface area (Å²) in [4.78, 5) is 35.6. The van der Waals surface area contributed by atoms with Gasteiger partial charge in [0.15, 0.2) is 0 Å². The van der Waals surface area contributed by atoms with Crippen molar-refractivity contribution in [2.24, 2.45) is 0 Å². The first-order valence-corrected chi connectivity index (χ1v) is 9.24. The maximum atomic E-state index is 12.4. The van der Waals surface area contributed by atoms with Crippen LogP contribution >= 0.6 is 0 Å². The lowest BCUT2D eigenvalue weighted by molar-refractivity contribution is -0.112. The van der Waals surface area contributed by atoms with Gasteiger partial charge in [0.1, 0.15) is 11.6 Å². The van der Waals surface area contributed by atoms with Gasteiger partial charge in [-0.1, -0.05) is 31.5 Å².